The fourth-order valence-electron chi connectivity index (χ4n) is 3.53. The van der Waals surface area contributed by atoms with E-state index in [2.05, 4.69) is 20.0 Å². The lowest BCUT2D eigenvalue weighted by Gasteiger charge is -2.34. The van der Waals surface area contributed by atoms with Crippen LogP contribution in [-0.2, 0) is 12.3 Å². The highest BCUT2D eigenvalue weighted by Gasteiger charge is 2.25. The van der Waals surface area contributed by atoms with Crippen molar-refractivity contribution in [1.29, 1.82) is 0 Å². The molecule has 10 heteroatoms. The maximum atomic E-state index is 13.2. The summed E-state index contributed by atoms with van der Waals surface area (Å²) >= 11 is 4.86. The first-order valence-electron chi connectivity index (χ1n) is 10.2. The molecule has 5 rings (SSSR count). The van der Waals surface area contributed by atoms with E-state index >= 15 is 0 Å². The molecule has 1 fully saturated rings. The molecule has 0 bridgehead atoms. The van der Waals surface area contributed by atoms with Gasteiger partial charge in [0.2, 0.25) is 11.7 Å². The number of rotatable bonds is 7. The second-order valence-corrected chi connectivity index (χ2v) is 9.87. The Morgan fingerprint density at radius 3 is 2.75 bits per heavy atom. The molecule has 1 amide bonds. The number of thioether (sulfide) groups is 1. The summed E-state index contributed by atoms with van der Waals surface area (Å²) in [5, 5.41) is 10.1. The number of amides is 1. The van der Waals surface area contributed by atoms with Gasteiger partial charge in [-0.25, -0.2) is 4.98 Å². The third-order valence-corrected chi connectivity index (χ3v) is 7.67. The van der Waals surface area contributed by atoms with Gasteiger partial charge in [0.15, 0.2) is 0 Å². The number of hydrogen-bond donors (Lipinski definition) is 0. The maximum Gasteiger partial charge on any atom is 0.255 e. The van der Waals surface area contributed by atoms with E-state index in [1.807, 2.05) is 56.9 Å². The van der Waals surface area contributed by atoms with Gasteiger partial charge in [-0.15, -0.1) is 23.1 Å². The Morgan fingerprint density at radius 1 is 1.09 bits per heavy atom. The molecule has 4 heterocycles. The number of benzene rings is 1. The van der Waals surface area contributed by atoms with E-state index in [-0.39, 0.29) is 5.91 Å². The molecule has 0 unspecified atom stereocenters. The van der Waals surface area contributed by atoms with Crippen LogP contribution >= 0.6 is 34.4 Å². The van der Waals surface area contributed by atoms with Crippen LogP contribution in [0.3, 0.4) is 0 Å². The van der Waals surface area contributed by atoms with Crippen LogP contribution in [0.1, 0.15) is 21.9 Å². The van der Waals surface area contributed by atoms with Gasteiger partial charge in [-0.05, 0) is 23.6 Å². The number of piperazine rings is 1. The lowest BCUT2D eigenvalue weighted by atomic mass is 10.2. The Kier molecular flexibility index (Phi) is 6.63. The first-order valence-corrected chi connectivity index (χ1v) is 13.1. The van der Waals surface area contributed by atoms with Gasteiger partial charge in [0.25, 0.3) is 5.91 Å². The minimum atomic E-state index is 0.0866. The van der Waals surface area contributed by atoms with E-state index < -0.39 is 0 Å². The topological polar surface area (TPSA) is 75.4 Å². The average Bonchev–Trinajstić information content (AvgIpc) is 3.61. The van der Waals surface area contributed by atoms with E-state index in [0.717, 1.165) is 40.6 Å². The smallest absolute Gasteiger partial charge is 0.255 e. The summed E-state index contributed by atoms with van der Waals surface area (Å²) in [6.07, 6.45) is 0. The first kappa shape index (κ1) is 21.3. The third kappa shape index (κ3) is 4.93. The fourth-order valence-corrected chi connectivity index (χ4v) is 5.77. The summed E-state index contributed by atoms with van der Waals surface area (Å²) in [4.78, 5) is 27.2. The van der Waals surface area contributed by atoms with Gasteiger partial charge in [-0.2, -0.15) is 16.3 Å². The molecular weight excluding hydrogens is 462 g/mol. The average molecular weight is 484 g/mol. The van der Waals surface area contributed by atoms with Crippen molar-refractivity contribution in [3.05, 3.63) is 69.1 Å². The summed E-state index contributed by atoms with van der Waals surface area (Å²) < 4.78 is 5.42. The number of carbonyl (C=O) groups is 1. The van der Waals surface area contributed by atoms with E-state index in [4.69, 9.17) is 4.52 Å². The van der Waals surface area contributed by atoms with Crippen molar-refractivity contribution in [2.45, 2.75) is 17.2 Å². The van der Waals surface area contributed by atoms with Crippen LogP contribution in [0.4, 0.5) is 0 Å². The van der Waals surface area contributed by atoms with E-state index in [1.165, 1.54) is 0 Å². The highest BCUT2D eigenvalue weighted by molar-refractivity contribution is 7.98. The lowest BCUT2D eigenvalue weighted by Crippen LogP contribution is -2.48. The molecule has 4 aromatic rings. The van der Waals surface area contributed by atoms with Crippen molar-refractivity contribution < 1.29 is 9.32 Å². The van der Waals surface area contributed by atoms with Crippen molar-refractivity contribution in [2.75, 3.05) is 26.2 Å². The molecule has 1 aliphatic heterocycles. The molecule has 0 aliphatic carbocycles. The standard InChI is InChI=1S/C22H21N5O2S3/c28-22(18-3-1-2-4-19(18)32-14-17-13-31-15-23-17)27-8-6-26(7-9-27)11-20-24-21(25-29-20)16-5-10-30-12-16/h1-5,10,12-13,15H,6-9,11,14H2. The van der Waals surface area contributed by atoms with Gasteiger partial charge in [0, 0.05) is 53.2 Å². The molecule has 1 aliphatic rings. The zero-order valence-electron chi connectivity index (χ0n) is 17.2. The SMILES string of the molecule is O=C(c1ccccc1SCc1cscn1)N1CCN(Cc2nc(-c3ccsc3)no2)CC1. The molecule has 1 saturated heterocycles. The predicted molar refractivity (Wildman–Crippen MR) is 127 cm³/mol. The van der Waals surface area contributed by atoms with Crippen LogP contribution in [0.15, 0.2) is 61.4 Å². The Hall–Kier alpha value is -2.53. The number of nitrogens with zero attached hydrogens (tertiary/aromatic N) is 5. The summed E-state index contributed by atoms with van der Waals surface area (Å²) in [5.74, 6) is 2.08. The molecule has 3 aromatic heterocycles. The summed E-state index contributed by atoms with van der Waals surface area (Å²) in [6.45, 7) is 3.50. The van der Waals surface area contributed by atoms with Crippen molar-refractivity contribution in [3.8, 4) is 11.4 Å². The van der Waals surface area contributed by atoms with E-state index in [0.29, 0.717) is 31.3 Å². The Bertz CT molecular complexity index is 1150. The molecule has 32 heavy (non-hydrogen) atoms. The molecule has 7 nitrogen and oxygen atoms in total. The normalized spacial score (nSPS) is 14.7. The van der Waals surface area contributed by atoms with Crippen LogP contribution in [0.2, 0.25) is 0 Å². The van der Waals surface area contributed by atoms with Crippen molar-refractivity contribution in [2.24, 2.45) is 0 Å². The molecule has 0 atom stereocenters. The number of hydrogen-bond acceptors (Lipinski definition) is 9. The van der Waals surface area contributed by atoms with Gasteiger partial charge in [-0.3, -0.25) is 9.69 Å². The molecule has 164 valence electrons. The predicted octanol–water partition coefficient (Wildman–Crippen LogP) is 4.50. The van der Waals surface area contributed by atoms with Crippen LogP contribution in [0.5, 0.6) is 0 Å². The van der Waals surface area contributed by atoms with Gasteiger partial charge in [-0.1, -0.05) is 17.3 Å². The summed E-state index contributed by atoms with van der Waals surface area (Å²) in [7, 11) is 0. The second-order valence-electron chi connectivity index (χ2n) is 7.36. The van der Waals surface area contributed by atoms with Gasteiger partial charge in [0.05, 0.1) is 23.3 Å². The van der Waals surface area contributed by atoms with Crippen molar-refractivity contribution >= 4 is 40.3 Å². The fraction of sp³-hybridized carbons (Fsp3) is 0.273. The first-order chi connectivity index (χ1) is 15.8. The monoisotopic (exact) mass is 483 g/mol. The second kappa shape index (κ2) is 9.95. The summed E-state index contributed by atoms with van der Waals surface area (Å²) in [6, 6.07) is 9.82. The van der Waals surface area contributed by atoms with Crippen LogP contribution in [0.25, 0.3) is 11.4 Å². The molecular formula is C22H21N5O2S3. The summed E-state index contributed by atoms with van der Waals surface area (Å²) in [5.41, 5.74) is 4.62. The zero-order chi connectivity index (χ0) is 21.8. The number of aromatic nitrogens is 3. The highest BCUT2D eigenvalue weighted by atomic mass is 32.2. The molecule has 0 saturated carbocycles. The van der Waals surface area contributed by atoms with E-state index in [9.17, 15) is 4.79 Å². The number of thiophene rings is 1. The largest absolute Gasteiger partial charge is 0.338 e. The Labute approximate surface area is 198 Å². The van der Waals surface area contributed by atoms with Crippen molar-refractivity contribution in [3.63, 3.8) is 0 Å². The van der Waals surface area contributed by atoms with Gasteiger partial charge in [0.1, 0.15) is 0 Å². The zero-order valence-corrected chi connectivity index (χ0v) is 19.7. The van der Waals surface area contributed by atoms with Gasteiger partial charge < -0.3 is 9.42 Å². The maximum absolute atomic E-state index is 13.2. The minimum Gasteiger partial charge on any atom is -0.338 e. The highest BCUT2D eigenvalue weighted by Crippen LogP contribution is 2.27. The van der Waals surface area contributed by atoms with E-state index in [1.54, 1.807) is 34.4 Å². The van der Waals surface area contributed by atoms with Crippen molar-refractivity contribution in [1.82, 2.24) is 24.9 Å². The molecule has 1 aromatic carbocycles. The lowest BCUT2D eigenvalue weighted by molar-refractivity contribution is 0.0612. The number of thiazole rings is 1. The number of carbonyl (C=O) groups excluding carboxylic acids is 1. The van der Waals surface area contributed by atoms with Crippen LogP contribution < -0.4 is 0 Å². The quantitative estimate of drug-likeness (QED) is 0.358. The van der Waals surface area contributed by atoms with Crippen LogP contribution in [-0.4, -0.2) is 57.0 Å². The molecule has 0 radical (unpaired) electrons. The van der Waals surface area contributed by atoms with Gasteiger partial charge >= 0.3 is 0 Å². The minimum absolute atomic E-state index is 0.0866. The van der Waals surface area contributed by atoms with Crippen LogP contribution in [0, 0.1) is 0 Å². The Balaban J connectivity index is 1.17. The Morgan fingerprint density at radius 2 is 1.97 bits per heavy atom. The molecule has 0 spiro atoms. The molecule has 0 N–H and O–H groups in total. The third-order valence-electron chi connectivity index (χ3n) is 5.24.